The molecule has 4 rings (SSSR count). The first kappa shape index (κ1) is 18.5. The average molecular weight is 392 g/mol. The first-order chi connectivity index (χ1) is 13.7. The van der Waals surface area contributed by atoms with Gasteiger partial charge in [-0.3, -0.25) is 4.98 Å². The van der Waals surface area contributed by atoms with Gasteiger partial charge in [-0.15, -0.1) is 0 Å². The molecule has 2 aromatic heterocycles. The molecule has 1 saturated heterocycles. The van der Waals surface area contributed by atoms with Gasteiger partial charge in [-0.25, -0.2) is 0 Å². The molecule has 5 nitrogen and oxygen atoms in total. The Morgan fingerprint density at radius 1 is 1.07 bits per heavy atom. The SMILES string of the molecule is Cn1cccc1C1C(c2ccccn2)NC(=S)N1CCCNc1ccccc1. The number of anilines is 1. The molecule has 0 saturated carbocycles. The van der Waals surface area contributed by atoms with Gasteiger partial charge in [0, 0.05) is 43.9 Å². The number of thiocarbonyl (C=S) groups is 1. The number of nitrogens with one attached hydrogen (secondary N) is 2. The van der Waals surface area contributed by atoms with Gasteiger partial charge in [0.05, 0.1) is 17.8 Å². The normalized spacial score (nSPS) is 18.9. The summed E-state index contributed by atoms with van der Waals surface area (Å²) in [6.07, 6.45) is 4.92. The molecule has 0 radical (unpaired) electrons. The van der Waals surface area contributed by atoms with Gasteiger partial charge >= 0.3 is 0 Å². The van der Waals surface area contributed by atoms with Crippen LogP contribution in [-0.4, -0.2) is 32.7 Å². The largest absolute Gasteiger partial charge is 0.385 e. The summed E-state index contributed by atoms with van der Waals surface area (Å²) >= 11 is 5.71. The number of aromatic nitrogens is 2. The lowest BCUT2D eigenvalue weighted by molar-refractivity contribution is 0.305. The van der Waals surface area contributed by atoms with E-state index in [0.29, 0.717) is 0 Å². The lowest BCUT2D eigenvalue weighted by Crippen LogP contribution is -2.32. The minimum absolute atomic E-state index is 0.0457. The molecule has 1 aliphatic heterocycles. The Morgan fingerprint density at radius 3 is 2.61 bits per heavy atom. The van der Waals surface area contributed by atoms with Crippen LogP contribution in [0.1, 0.15) is 29.9 Å². The van der Waals surface area contributed by atoms with E-state index in [0.717, 1.165) is 36.0 Å². The topological polar surface area (TPSA) is 45.1 Å². The summed E-state index contributed by atoms with van der Waals surface area (Å²) in [5, 5.41) is 7.78. The molecular weight excluding hydrogens is 366 g/mol. The van der Waals surface area contributed by atoms with Gasteiger partial charge in [-0.1, -0.05) is 24.3 Å². The van der Waals surface area contributed by atoms with Crippen LogP contribution in [0.25, 0.3) is 0 Å². The summed E-state index contributed by atoms with van der Waals surface area (Å²) in [4.78, 5) is 6.89. The molecule has 0 bridgehead atoms. The molecule has 3 heterocycles. The smallest absolute Gasteiger partial charge is 0.170 e. The monoisotopic (exact) mass is 391 g/mol. The molecule has 1 aromatic carbocycles. The lowest BCUT2D eigenvalue weighted by atomic mass is 10.0. The number of nitrogens with zero attached hydrogens (tertiary/aromatic N) is 3. The predicted molar refractivity (Wildman–Crippen MR) is 117 cm³/mol. The highest BCUT2D eigenvalue weighted by Crippen LogP contribution is 2.38. The second-order valence-corrected chi connectivity index (χ2v) is 7.40. The van der Waals surface area contributed by atoms with Crippen molar-refractivity contribution in [2.75, 3.05) is 18.4 Å². The third-order valence-electron chi connectivity index (χ3n) is 5.16. The highest BCUT2D eigenvalue weighted by atomic mass is 32.1. The van der Waals surface area contributed by atoms with Crippen molar-refractivity contribution in [2.24, 2.45) is 7.05 Å². The van der Waals surface area contributed by atoms with Gasteiger partial charge in [0.15, 0.2) is 5.11 Å². The van der Waals surface area contributed by atoms with Crippen LogP contribution in [0.2, 0.25) is 0 Å². The van der Waals surface area contributed by atoms with Gasteiger partial charge in [0.1, 0.15) is 0 Å². The Kier molecular flexibility index (Phi) is 5.58. The number of rotatable bonds is 7. The van der Waals surface area contributed by atoms with Crippen LogP contribution in [0.5, 0.6) is 0 Å². The summed E-state index contributed by atoms with van der Waals surface area (Å²) in [5.41, 5.74) is 3.40. The number of aryl methyl sites for hydroxylation is 1. The molecule has 6 heteroatoms. The van der Waals surface area contributed by atoms with Crippen molar-refractivity contribution in [1.29, 1.82) is 0 Å². The van der Waals surface area contributed by atoms with Crippen molar-refractivity contribution >= 4 is 23.0 Å². The lowest BCUT2D eigenvalue weighted by Gasteiger charge is -2.28. The summed E-state index contributed by atoms with van der Waals surface area (Å²) in [6, 6.07) is 20.8. The molecule has 0 amide bonds. The Balaban J connectivity index is 1.50. The summed E-state index contributed by atoms with van der Waals surface area (Å²) < 4.78 is 2.17. The summed E-state index contributed by atoms with van der Waals surface area (Å²) in [6.45, 7) is 1.78. The molecule has 28 heavy (non-hydrogen) atoms. The van der Waals surface area contributed by atoms with Crippen LogP contribution in [0.15, 0.2) is 73.1 Å². The molecule has 3 aromatic rings. The number of para-hydroxylation sites is 1. The van der Waals surface area contributed by atoms with Crippen molar-refractivity contribution in [3.8, 4) is 0 Å². The zero-order chi connectivity index (χ0) is 19.3. The predicted octanol–water partition coefficient (Wildman–Crippen LogP) is 3.89. The maximum Gasteiger partial charge on any atom is 0.170 e. The Labute approximate surface area is 171 Å². The third kappa shape index (κ3) is 3.87. The van der Waals surface area contributed by atoms with Gasteiger partial charge in [0.2, 0.25) is 0 Å². The molecule has 0 aliphatic carbocycles. The van der Waals surface area contributed by atoms with Crippen LogP contribution in [0.3, 0.4) is 0 Å². The second kappa shape index (κ2) is 8.44. The molecule has 144 valence electrons. The van der Waals surface area contributed by atoms with Crippen LogP contribution in [0, 0.1) is 0 Å². The molecule has 1 aliphatic rings. The van der Waals surface area contributed by atoms with E-state index in [1.165, 1.54) is 5.69 Å². The van der Waals surface area contributed by atoms with Crippen LogP contribution in [0.4, 0.5) is 5.69 Å². The molecular formula is C22H25N5S. The number of hydrogen-bond donors (Lipinski definition) is 2. The van der Waals surface area contributed by atoms with E-state index < -0.39 is 0 Å². The highest BCUT2D eigenvalue weighted by Gasteiger charge is 2.40. The quantitative estimate of drug-likeness (QED) is 0.473. The molecule has 2 atom stereocenters. The fourth-order valence-electron chi connectivity index (χ4n) is 3.79. The summed E-state index contributed by atoms with van der Waals surface area (Å²) in [5.74, 6) is 0. The fourth-order valence-corrected chi connectivity index (χ4v) is 4.12. The van der Waals surface area contributed by atoms with Crippen molar-refractivity contribution < 1.29 is 0 Å². The van der Waals surface area contributed by atoms with Crippen LogP contribution >= 0.6 is 12.2 Å². The van der Waals surface area contributed by atoms with Crippen molar-refractivity contribution in [2.45, 2.75) is 18.5 Å². The first-order valence-corrected chi connectivity index (χ1v) is 10.0. The standard InChI is InChI=1S/C22H25N5S/c1-26-15-7-12-19(26)21-20(18-11-5-6-13-24-18)25-22(28)27(21)16-8-14-23-17-9-3-2-4-10-17/h2-7,9-13,15,20-21,23H,8,14,16H2,1H3,(H,25,28). The van der Waals surface area contributed by atoms with E-state index >= 15 is 0 Å². The average Bonchev–Trinajstić information content (AvgIpc) is 3.29. The molecule has 1 fully saturated rings. The van der Waals surface area contributed by atoms with Gasteiger partial charge in [-0.2, -0.15) is 0 Å². The fraction of sp³-hybridized carbons (Fsp3) is 0.273. The number of hydrogen-bond acceptors (Lipinski definition) is 3. The highest BCUT2D eigenvalue weighted by molar-refractivity contribution is 7.80. The van der Waals surface area contributed by atoms with E-state index in [4.69, 9.17) is 12.2 Å². The molecule has 2 N–H and O–H groups in total. The maximum atomic E-state index is 5.71. The van der Waals surface area contributed by atoms with Gasteiger partial charge in [0.25, 0.3) is 0 Å². The Hall–Kier alpha value is -2.86. The van der Waals surface area contributed by atoms with E-state index in [2.05, 4.69) is 68.7 Å². The zero-order valence-corrected chi connectivity index (χ0v) is 16.8. The minimum Gasteiger partial charge on any atom is -0.385 e. The third-order valence-corrected chi connectivity index (χ3v) is 5.52. The van der Waals surface area contributed by atoms with Crippen LogP contribution < -0.4 is 10.6 Å². The minimum atomic E-state index is 0.0457. The maximum absolute atomic E-state index is 5.71. The van der Waals surface area contributed by atoms with Gasteiger partial charge < -0.3 is 20.1 Å². The van der Waals surface area contributed by atoms with Crippen molar-refractivity contribution in [3.63, 3.8) is 0 Å². The zero-order valence-electron chi connectivity index (χ0n) is 16.0. The number of benzene rings is 1. The van der Waals surface area contributed by atoms with E-state index in [1.807, 2.05) is 36.5 Å². The van der Waals surface area contributed by atoms with Crippen LogP contribution in [-0.2, 0) is 7.05 Å². The Morgan fingerprint density at radius 2 is 1.89 bits per heavy atom. The number of pyridine rings is 1. The van der Waals surface area contributed by atoms with Gasteiger partial charge in [-0.05, 0) is 55.0 Å². The molecule has 0 spiro atoms. The van der Waals surface area contributed by atoms with E-state index in [1.54, 1.807) is 0 Å². The van der Waals surface area contributed by atoms with Crippen molar-refractivity contribution in [3.05, 3.63) is 84.4 Å². The Bertz CT molecular complexity index is 909. The summed E-state index contributed by atoms with van der Waals surface area (Å²) in [7, 11) is 2.08. The van der Waals surface area contributed by atoms with E-state index in [9.17, 15) is 0 Å². The first-order valence-electron chi connectivity index (χ1n) is 9.62. The van der Waals surface area contributed by atoms with E-state index in [-0.39, 0.29) is 12.1 Å². The second-order valence-electron chi connectivity index (χ2n) is 7.01. The van der Waals surface area contributed by atoms with Crippen molar-refractivity contribution in [1.82, 2.24) is 19.8 Å². The molecule has 2 unspecified atom stereocenters.